The van der Waals surface area contributed by atoms with Gasteiger partial charge in [0, 0.05) is 11.8 Å². The minimum atomic E-state index is 0.632. The van der Waals surface area contributed by atoms with Gasteiger partial charge in [0.15, 0.2) is 11.6 Å². The van der Waals surface area contributed by atoms with Crippen molar-refractivity contribution in [2.75, 3.05) is 5.43 Å². The van der Waals surface area contributed by atoms with Crippen LogP contribution in [-0.2, 0) is 6.42 Å². The molecule has 0 atom stereocenters. The van der Waals surface area contributed by atoms with E-state index in [1.165, 1.54) is 31.2 Å². The van der Waals surface area contributed by atoms with Gasteiger partial charge in [0.1, 0.15) is 6.33 Å². The molecule has 0 unspecified atom stereocenters. The van der Waals surface area contributed by atoms with Gasteiger partial charge in [-0.25, -0.2) is 14.6 Å². The maximum absolute atomic E-state index is 4.48. The van der Waals surface area contributed by atoms with E-state index in [1.54, 1.807) is 4.68 Å². The van der Waals surface area contributed by atoms with Gasteiger partial charge < -0.3 is 0 Å². The summed E-state index contributed by atoms with van der Waals surface area (Å²) in [5, 5.41) is 8.94. The largest absolute Gasteiger partial charge is 0.261 e. The fourth-order valence-corrected chi connectivity index (χ4v) is 3.08. The summed E-state index contributed by atoms with van der Waals surface area (Å²) in [7, 11) is 0. The molecule has 0 aliphatic rings. The summed E-state index contributed by atoms with van der Waals surface area (Å²) in [6.07, 6.45) is 6.43. The standard InChI is InChI=1S/C22H28N6/c1-5-6-7-8-19-9-11-20(12-10-19)18(4)25-26-21-14-22(24-15-23-21)28-17(3)13-16(2)27-28/h9-15H,5-8H2,1-4H3,(H,23,24,26). The van der Waals surface area contributed by atoms with Crippen LogP contribution in [0.15, 0.2) is 47.8 Å². The Balaban J connectivity index is 1.68. The fraction of sp³-hybridized carbons (Fsp3) is 0.364. The molecule has 146 valence electrons. The topological polar surface area (TPSA) is 68.0 Å². The third-order valence-electron chi connectivity index (χ3n) is 4.66. The highest BCUT2D eigenvalue weighted by molar-refractivity contribution is 5.99. The van der Waals surface area contributed by atoms with Crippen LogP contribution in [0, 0.1) is 13.8 Å². The molecule has 0 aliphatic carbocycles. The minimum Gasteiger partial charge on any atom is -0.261 e. The average Bonchev–Trinajstić information content (AvgIpc) is 3.05. The molecule has 0 aliphatic heterocycles. The number of nitrogens with one attached hydrogen (secondary N) is 1. The Labute approximate surface area is 166 Å². The van der Waals surface area contributed by atoms with E-state index in [1.807, 2.05) is 32.9 Å². The van der Waals surface area contributed by atoms with Crippen molar-refractivity contribution in [3.8, 4) is 5.82 Å². The van der Waals surface area contributed by atoms with E-state index in [0.29, 0.717) is 11.6 Å². The molecule has 0 spiro atoms. The summed E-state index contributed by atoms with van der Waals surface area (Å²) in [6.45, 7) is 8.19. The second kappa shape index (κ2) is 9.26. The molecule has 0 saturated heterocycles. The number of benzene rings is 1. The number of aryl methyl sites for hydroxylation is 3. The van der Waals surface area contributed by atoms with E-state index in [9.17, 15) is 0 Å². The van der Waals surface area contributed by atoms with E-state index in [2.05, 4.69) is 56.8 Å². The quantitative estimate of drug-likeness (QED) is 0.347. The molecule has 1 aromatic carbocycles. The summed E-state index contributed by atoms with van der Waals surface area (Å²) in [5.41, 5.74) is 8.40. The van der Waals surface area contributed by atoms with E-state index in [-0.39, 0.29) is 0 Å². The van der Waals surface area contributed by atoms with Gasteiger partial charge in [0.2, 0.25) is 0 Å². The van der Waals surface area contributed by atoms with Crippen LogP contribution >= 0.6 is 0 Å². The van der Waals surface area contributed by atoms with Crippen molar-refractivity contribution in [2.45, 2.75) is 53.4 Å². The Hall–Kier alpha value is -3.02. The smallest absolute Gasteiger partial charge is 0.159 e. The van der Waals surface area contributed by atoms with Crippen LogP contribution in [-0.4, -0.2) is 25.5 Å². The highest BCUT2D eigenvalue weighted by Gasteiger charge is 2.06. The molecule has 3 aromatic rings. The van der Waals surface area contributed by atoms with Crippen LogP contribution in [0.2, 0.25) is 0 Å². The second-order valence-corrected chi connectivity index (χ2v) is 7.06. The fourth-order valence-electron chi connectivity index (χ4n) is 3.08. The number of nitrogens with zero attached hydrogens (tertiary/aromatic N) is 5. The van der Waals surface area contributed by atoms with Crippen LogP contribution < -0.4 is 5.43 Å². The molecule has 0 amide bonds. The number of aromatic nitrogens is 4. The van der Waals surface area contributed by atoms with E-state index in [0.717, 1.165) is 29.1 Å². The van der Waals surface area contributed by atoms with Gasteiger partial charge in [-0.3, -0.25) is 5.43 Å². The normalized spacial score (nSPS) is 11.6. The molecule has 28 heavy (non-hydrogen) atoms. The van der Waals surface area contributed by atoms with Gasteiger partial charge >= 0.3 is 0 Å². The SMILES string of the molecule is CCCCCc1ccc(C(C)=NNc2cc(-n3nc(C)cc3C)ncn2)cc1. The molecule has 0 fully saturated rings. The first kappa shape index (κ1) is 19.7. The highest BCUT2D eigenvalue weighted by atomic mass is 15.3. The lowest BCUT2D eigenvalue weighted by atomic mass is 10.0. The van der Waals surface area contributed by atoms with Crippen molar-refractivity contribution in [3.63, 3.8) is 0 Å². The first-order valence-corrected chi connectivity index (χ1v) is 9.82. The first-order chi connectivity index (χ1) is 13.6. The Morgan fingerprint density at radius 1 is 1.07 bits per heavy atom. The van der Waals surface area contributed by atoms with Crippen LogP contribution in [0.3, 0.4) is 0 Å². The number of hydrazone groups is 1. The Bertz CT molecular complexity index is 940. The van der Waals surface area contributed by atoms with Crippen molar-refractivity contribution in [1.29, 1.82) is 0 Å². The summed E-state index contributed by atoms with van der Waals surface area (Å²) >= 11 is 0. The zero-order valence-electron chi connectivity index (χ0n) is 17.1. The number of rotatable bonds is 8. The first-order valence-electron chi connectivity index (χ1n) is 9.82. The summed E-state index contributed by atoms with van der Waals surface area (Å²) in [6, 6.07) is 12.5. The number of hydrogen-bond donors (Lipinski definition) is 1. The molecule has 6 nitrogen and oxygen atoms in total. The maximum atomic E-state index is 4.48. The molecule has 0 saturated carbocycles. The van der Waals surface area contributed by atoms with E-state index in [4.69, 9.17) is 0 Å². The zero-order valence-corrected chi connectivity index (χ0v) is 17.1. The molecule has 1 N–H and O–H groups in total. The Morgan fingerprint density at radius 3 is 2.54 bits per heavy atom. The van der Waals surface area contributed by atoms with Crippen molar-refractivity contribution < 1.29 is 0 Å². The lowest BCUT2D eigenvalue weighted by Gasteiger charge is -2.07. The lowest BCUT2D eigenvalue weighted by Crippen LogP contribution is -2.05. The molecule has 6 heteroatoms. The van der Waals surface area contributed by atoms with E-state index < -0.39 is 0 Å². The average molecular weight is 377 g/mol. The van der Waals surface area contributed by atoms with Gasteiger partial charge in [-0.2, -0.15) is 10.2 Å². The van der Waals surface area contributed by atoms with Crippen molar-refractivity contribution in [3.05, 3.63) is 65.2 Å². The number of hydrogen-bond acceptors (Lipinski definition) is 5. The molecule has 0 radical (unpaired) electrons. The van der Waals surface area contributed by atoms with Crippen molar-refractivity contribution >= 4 is 11.5 Å². The molecule has 0 bridgehead atoms. The van der Waals surface area contributed by atoms with Crippen molar-refractivity contribution in [1.82, 2.24) is 19.7 Å². The molecular weight excluding hydrogens is 348 g/mol. The van der Waals surface area contributed by atoms with Crippen LogP contribution in [0.25, 0.3) is 5.82 Å². The third-order valence-corrected chi connectivity index (χ3v) is 4.66. The molecule has 2 heterocycles. The number of anilines is 1. The summed E-state index contributed by atoms with van der Waals surface area (Å²) < 4.78 is 1.80. The van der Waals surface area contributed by atoms with Gasteiger partial charge in [-0.05, 0) is 50.8 Å². The molecule has 2 aromatic heterocycles. The summed E-state index contributed by atoms with van der Waals surface area (Å²) in [5.74, 6) is 1.35. The maximum Gasteiger partial charge on any atom is 0.159 e. The minimum absolute atomic E-state index is 0.632. The zero-order chi connectivity index (χ0) is 19.9. The predicted octanol–water partition coefficient (Wildman–Crippen LogP) is 4.85. The third kappa shape index (κ3) is 5.03. The van der Waals surface area contributed by atoms with Crippen LogP contribution in [0.4, 0.5) is 5.82 Å². The van der Waals surface area contributed by atoms with Gasteiger partial charge in [0.05, 0.1) is 11.4 Å². The van der Waals surface area contributed by atoms with Gasteiger partial charge in [-0.1, -0.05) is 44.0 Å². The van der Waals surface area contributed by atoms with Crippen molar-refractivity contribution in [2.24, 2.45) is 5.10 Å². The second-order valence-electron chi connectivity index (χ2n) is 7.06. The predicted molar refractivity (Wildman–Crippen MR) is 114 cm³/mol. The summed E-state index contributed by atoms with van der Waals surface area (Å²) in [4.78, 5) is 8.56. The number of unbranched alkanes of at least 4 members (excludes halogenated alkanes) is 2. The molecule has 3 rings (SSSR count). The lowest BCUT2D eigenvalue weighted by molar-refractivity contribution is 0.717. The van der Waals surface area contributed by atoms with Gasteiger partial charge in [0.25, 0.3) is 0 Å². The molecular formula is C22H28N6. The Kier molecular flexibility index (Phi) is 6.53. The highest BCUT2D eigenvalue weighted by Crippen LogP contribution is 2.13. The monoisotopic (exact) mass is 376 g/mol. The Morgan fingerprint density at radius 2 is 1.86 bits per heavy atom. The van der Waals surface area contributed by atoms with Crippen LogP contribution in [0.1, 0.15) is 55.6 Å². The van der Waals surface area contributed by atoms with Crippen LogP contribution in [0.5, 0.6) is 0 Å². The van der Waals surface area contributed by atoms with E-state index >= 15 is 0 Å². The van der Waals surface area contributed by atoms with Gasteiger partial charge in [-0.15, -0.1) is 0 Å².